The van der Waals surface area contributed by atoms with Gasteiger partial charge in [-0.15, -0.1) is 0 Å². The summed E-state index contributed by atoms with van der Waals surface area (Å²) in [7, 11) is 0. The molecule has 1 atom stereocenters. The molecule has 0 aliphatic carbocycles. The Hall–Kier alpha value is -2.94. The van der Waals surface area contributed by atoms with Crippen LogP contribution in [0.5, 0.6) is 0 Å². The first kappa shape index (κ1) is 18.4. The summed E-state index contributed by atoms with van der Waals surface area (Å²) in [4.78, 5) is 21.9. The number of non-ortho nitro benzene ring substituents is 1. The smallest absolute Gasteiger partial charge is 0.387 e. The van der Waals surface area contributed by atoms with Gasteiger partial charge < -0.3 is 10.4 Å². The van der Waals surface area contributed by atoms with Crippen molar-refractivity contribution in [3.63, 3.8) is 0 Å². The lowest BCUT2D eigenvalue weighted by molar-refractivity contribution is -0.384. The molecule has 1 amide bonds. The summed E-state index contributed by atoms with van der Waals surface area (Å²) in [5, 5.41) is 22.8. The Morgan fingerprint density at radius 2 is 1.84 bits per heavy atom. The molecule has 9 heteroatoms. The molecule has 2 aromatic rings. The second-order valence-electron chi connectivity index (χ2n) is 5.15. The first-order valence-corrected chi connectivity index (χ1v) is 7.06. The lowest BCUT2D eigenvalue weighted by atomic mass is 10.1. The number of halogens is 3. The molecular formula is C16H13F3N2O4. The van der Waals surface area contributed by atoms with Gasteiger partial charge in [0.2, 0.25) is 0 Å². The lowest BCUT2D eigenvalue weighted by Crippen LogP contribution is -2.28. The monoisotopic (exact) mass is 354 g/mol. The van der Waals surface area contributed by atoms with Crippen molar-refractivity contribution in [2.24, 2.45) is 0 Å². The average Bonchev–Trinajstić information content (AvgIpc) is 2.58. The van der Waals surface area contributed by atoms with Crippen LogP contribution in [0, 0.1) is 10.1 Å². The molecule has 2 N–H and O–H groups in total. The van der Waals surface area contributed by atoms with E-state index in [4.69, 9.17) is 0 Å². The SMILES string of the molecule is O=C(NC[C@@H](O)c1ccc([N+](=O)[O-])cc1)c1cccc(C(F)(F)F)c1. The summed E-state index contributed by atoms with van der Waals surface area (Å²) >= 11 is 0. The number of benzene rings is 2. The molecule has 6 nitrogen and oxygen atoms in total. The maximum atomic E-state index is 12.6. The summed E-state index contributed by atoms with van der Waals surface area (Å²) in [6.45, 7) is -0.257. The quantitative estimate of drug-likeness (QED) is 0.637. The van der Waals surface area contributed by atoms with Gasteiger partial charge in [0.1, 0.15) is 0 Å². The van der Waals surface area contributed by atoms with E-state index in [-0.39, 0.29) is 17.8 Å². The zero-order valence-corrected chi connectivity index (χ0v) is 12.7. The Morgan fingerprint density at radius 1 is 1.20 bits per heavy atom. The number of alkyl halides is 3. The zero-order chi connectivity index (χ0) is 18.6. The second kappa shape index (κ2) is 7.31. The second-order valence-corrected chi connectivity index (χ2v) is 5.15. The summed E-state index contributed by atoms with van der Waals surface area (Å²) < 4.78 is 37.9. The largest absolute Gasteiger partial charge is 0.416 e. The standard InChI is InChI=1S/C16H13F3N2O4/c17-16(18,19)12-3-1-2-11(8-12)15(23)20-9-14(22)10-4-6-13(7-5-10)21(24)25/h1-8,14,22H,9H2,(H,20,23)/t14-/m1/s1. The van der Waals surface area contributed by atoms with Crippen molar-refractivity contribution in [3.8, 4) is 0 Å². The Labute approximate surface area is 140 Å². The van der Waals surface area contributed by atoms with Gasteiger partial charge in [0.25, 0.3) is 11.6 Å². The van der Waals surface area contributed by atoms with Gasteiger partial charge in [-0.25, -0.2) is 0 Å². The zero-order valence-electron chi connectivity index (χ0n) is 12.7. The Kier molecular flexibility index (Phi) is 5.38. The molecule has 132 valence electrons. The van der Waals surface area contributed by atoms with Crippen LogP contribution in [0.2, 0.25) is 0 Å². The predicted octanol–water partition coefficient (Wildman–Crippen LogP) is 3.08. The summed E-state index contributed by atoms with van der Waals surface area (Å²) in [6.07, 6.45) is -5.72. The highest BCUT2D eigenvalue weighted by Crippen LogP contribution is 2.29. The van der Waals surface area contributed by atoms with Gasteiger partial charge in [0, 0.05) is 24.2 Å². The van der Waals surface area contributed by atoms with E-state index >= 15 is 0 Å². The average molecular weight is 354 g/mol. The third-order valence-electron chi connectivity index (χ3n) is 3.40. The van der Waals surface area contributed by atoms with Crippen LogP contribution in [0.1, 0.15) is 27.6 Å². The van der Waals surface area contributed by atoms with E-state index in [0.29, 0.717) is 11.6 Å². The normalized spacial score (nSPS) is 12.5. The number of aliphatic hydroxyl groups excluding tert-OH is 1. The maximum absolute atomic E-state index is 12.6. The highest BCUT2D eigenvalue weighted by Gasteiger charge is 2.30. The van der Waals surface area contributed by atoms with Gasteiger partial charge in [0.15, 0.2) is 0 Å². The van der Waals surface area contributed by atoms with E-state index in [2.05, 4.69) is 5.32 Å². The number of hydrogen-bond donors (Lipinski definition) is 2. The summed E-state index contributed by atoms with van der Waals surface area (Å²) in [6, 6.07) is 8.97. The van der Waals surface area contributed by atoms with Crippen LogP contribution in [0.15, 0.2) is 48.5 Å². The van der Waals surface area contributed by atoms with E-state index in [9.17, 15) is 33.2 Å². The van der Waals surface area contributed by atoms with E-state index in [0.717, 1.165) is 12.1 Å². The van der Waals surface area contributed by atoms with Crippen molar-refractivity contribution < 1.29 is 28.0 Å². The number of nitro benzene ring substituents is 1. The molecule has 0 aromatic heterocycles. The molecule has 0 aliphatic heterocycles. The predicted molar refractivity (Wildman–Crippen MR) is 81.8 cm³/mol. The maximum Gasteiger partial charge on any atom is 0.416 e. The number of aliphatic hydroxyl groups is 1. The van der Waals surface area contributed by atoms with E-state index in [1.54, 1.807) is 0 Å². The molecule has 0 fully saturated rings. The van der Waals surface area contributed by atoms with Gasteiger partial charge in [-0.3, -0.25) is 14.9 Å². The molecule has 0 aliphatic rings. The number of rotatable bonds is 5. The fraction of sp³-hybridized carbons (Fsp3) is 0.188. The Morgan fingerprint density at radius 3 is 2.40 bits per heavy atom. The summed E-state index contributed by atoms with van der Waals surface area (Å²) in [5.74, 6) is -0.771. The van der Waals surface area contributed by atoms with Crippen molar-refractivity contribution in [2.45, 2.75) is 12.3 Å². The Balaban J connectivity index is 2.00. The number of amides is 1. The first-order chi connectivity index (χ1) is 11.7. The number of nitrogens with one attached hydrogen (secondary N) is 1. The van der Waals surface area contributed by atoms with Crippen molar-refractivity contribution in [3.05, 3.63) is 75.3 Å². The van der Waals surface area contributed by atoms with Crippen LogP contribution >= 0.6 is 0 Å². The molecular weight excluding hydrogens is 341 g/mol. The van der Waals surface area contributed by atoms with Crippen LogP contribution in [0.3, 0.4) is 0 Å². The molecule has 0 unspecified atom stereocenters. The topological polar surface area (TPSA) is 92.5 Å². The first-order valence-electron chi connectivity index (χ1n) is 7.06. The highest BCUT2D eigenvalue weighted by atomic mass is 19.4. The van der Waals surface area contributed by atoms with Gasteiger partial charge in [-0.1, -0.05) is 6.07 Å². The molecule has 0 spiro atoms. The van der Waals surface area contributed by atoms with Gasteiger partial charge in [0.05, 0.1) is 16.6 Å². The minimum absolute atomic E-state index is 0.149. The van der Waals surface area contributed by atoms with Crippen LogP contribution in [-0.4, -0.2) is 22.5 Å². The van der Waals surface area contributed by atoms with Crippen molar-refractivity contribution in [1.82, 2.24) is 5.32 Å². The number of carbonyl (C=O) groups excluding carboxylic acids is 1. The molecule has 0 saturated heterocycles. The van der Waals surface area contributed by atoms with Crippen LogP contribution in [0.25, 0.3) is 0 Å². The van der Waals surface area contributed by atoms with Gasteiger partial charge >= 0.3 is 6.18 Å². The number of hydrogen-bond acceptors (Lipinski definition) is 4. The van der Waals surface area contributed by atoms with E-state index in [1.807, 2.05) is 0 Å². The number of nitrogens with zero attached hydrogens (tertiary/aromatic N) is 1. The van der Waals surface area contributed by atoms with Crippen molar-refractivity contribution in [1.29, 1.82) is 0 Å². The van der Waals surface area contributed by atoms with Gasteiger partial charge in [-0.05, 0) is 35.9 Å². The molecule has 0 heterocycles. The summed E-state index contributed by atoms with van der Waals surface area (Å²) in [5.41, 5.74) is -0.958. The minimum atomic E-state index is -4.56. The Bertz CT molecular complexity index is 776. The number of nitro groups is 1. The molecule has 2 rings (SSSR count). The third kappa shape index (κ3) is 4.77. The molecule has 2 aromatic carbocycles. The van der Waals surface area contributed by atoms with Crippen LogP contribution < -0.4 is 5.32 Å². The van der Waals surface area contributed by atoms with Crippen molar-refractivity contribution in [2.75, 3.05) is 6.54 Å². The van der Waals surface area contributed by atoms with E-state index < -0.39 is 28.7 Å². The lowest BCUT2D eigenvalue weighted by Gasteiger charge is -2.13. The molecule has 0 bridgehead atoms. The molecule has 0 radical (unpaired) electrons. The third-order valence-corrected chi connectivity index (χ3v) is 3.40. The van der Waals surface area contributed by atoms with Crippen molar-refractivity contribution >= 4 is 11.6 Å². The van der Waals surface area contributed by atoms with E-state index in [1.165, 1.54) is 30.3 Å². The van der Waals surface area contributed by atoms with Crippen LogP contribution in [-0.2, 0) is 6.18 Å². The molecule has 0 saturated carbocycles. The molecule has 25 heavy (non-hydrogen) atoms. The highest BCUT2D eigenvalue weighted by molar-refractivity contribution is 5.94. The number of carbonyl (C=O) groups is 1. The van der Waals surface area contributed by atoms with Crippen LogP contribution in [0.4, 0.5) is 18.9 Å². The fourth-order valence-corrected chi connectivity index (χ4v) is 2.06. The van der Waals surface area contributed by atoms with Gasteiger partial charge in [-0.2, -0.15) is 13.2 Å². The fourth-order valence-electron chi connectivity index (χ4n) is 2.06. The minimum Gasteiger partial charge on any atom is -0.387 e.